The molecule has 4 rings (SSSR count). The van der Waals surface area contributed by atoms with Crippen molar-refractivity contribution in [1.82, 2.24) is 0 Å². The Morgan fingerprint density at radius 3 is 2.58 bits per heavy atom. The molecule has 0 aliphatic carbocycles. The third-order valence-electron chi connectivity index (χ3n) is 4.77. The summed E-state index contributed by atoms with van der Waals surface area (Å²) < 4.78 is 38.9. The maximum Gasteiger partial charge on any atom is 0.267 e. The number of amides is 1. The Morgan fingerprint density at radius 1 is 1.10 bits per heavy atom. The summed E-state index contributed by atoms with van der Waals surface area (Å²) in [5, 5.41) is 3.18. The van der Waals surface area contributed by atoms with Crippen LogP contribution in [0.4, 0.5) is 11.4 Å². The van der Waals surface area contributed by atoms with Crippen molar-refractivity contribution < 1.29 is 22.7 Å². The highest BCUT2D eigenvalue weighted by Crippen LogP contribution is 2.37. The van der Waals surface area contributed by atoms with Crippen molar-refractivity contribution in [3.05, 3.63) is 77.8 Å². The molecule has 1 heterocycles. The first-order valence-corrected chi connectivity index (χ1v) is 11.2. The van der Waals surface area contributed by atoms with E-state index in [4.69, 9.17) is 21.1 Å². The Hall–Kier alpha value is -3.23. The van der Waals surface area contributed by atoms with Gasteiger partial charge in [0.2, 0.25) is 0 Å². The van der Waals surface area contributed by atoms with E-state index in [9.17, 15) is 13.2 Å². The van der Waals surface area contributed by atoms with E-state index in [2.05, 4.69) is 5.32 Å². The highest BCUT2D eigenvalue weighted by atomic mass is 35.5. The molecule has 1 aliphatic heterocycles. The summed E-state index contributed by atoms with van der Waals surface area (Å²) in [5.41, 5.74) is 0.877. The van der Waals surface area contributed by atoms with E-state index in [-0.39, 0.29) is 11.4 Å². The summed E-state index contributed by atoms with van der Waals surface area (Å²) in [4.78, 5) is 13.0. The Morgan fingerprint density at radius 2 is 1.84 bits per heavy atom. The van der Waals surface area contributed by atoms with Crippen molar-refractivity contribution in [1.29, 1.82) is 0 Å². The normalized spacial score (nSPS) is 15.5. The molecule has 0 unspecified atom stereocenters. The molecule has 0 saturated carbocycles. The number of ether oxygens (including phenoxy) is 2. The molecule has 1 N–H and O–H groups in total. The van der Waals surface area contributed by atoms with Gasteiger partial charge in [-0.2, -0.15) is 0 Å². The number of hydrogen-bond donors (Lipinski definition) is 1. The number of methoxy groups -OCH3 is 1. The molecule has 0 radical (unpaired) electrons. The Labute approximate surface area is 185 Å². The van der Waals surface area contributed by atoms with Crippen LogP contribution < -0.4 is 19.1 Å². The van der Waals surface area contributed by atoms with E-state index in [1.807, 2.05) is 0 Å². The number of fused-ring (bicyclic) bond motifs is 1. The molecule has 31 heavy (non-hydrogen) atoms. The molecule has 3 aromatic rings. The van der Waals surface area contributed by atoms with Crippen LogP contribution >= 0.6 is 11.6 Å². The molecule has 1 amide bonds. The fourth-order valence-corrected chi connectivity index (χ4v) is 4.83. The van der Waals surface area contributed by atoms with Crippen LogP contribution in [-0.4, -0.2) is 34.1 Å². The molecule has 0 spiro atoms. The summed E-state index contributed by atoms with van der Waals surface area (Å²) >= 11 is 5.90. The maximum atomic E-state index is 13.4. The summed E-state index contributed by atoms with van der Waals surface area (Å²) in [7, 11) is -2.42. The van der Waals surface area contributed by atoms with Gasteiger partial charge < -0.3 is 14.8 Å². The van der Waals surface area contributed by atoms with Crippen LogP contribution in [0.15, 0.2) is 77.7 Å². The first kappa shape index (κ1) is 21.0. The number of nitrogens with one attached hydrogen (secondary N) is 1. The van der Waals surface area contributed by atoms with E-state index in [1.54, 1.807) is 48.5 Å². The molecule has 0 aromatic heterocycles. The second kappa shape index (κ2) is 8.49. The van der Waals surface area contributed by atoms with Crippen LogP contribution in [0.1, 0.15) is 0 Å². The van der Waals surface area contributed by atoms with Crippen molar-refractivity contribution in [2.45, 2.75) is 11.0 Å². The third kappa shape index (κ3) is 4.30. The fourth-order valence-electron chi connectivity index (χ4n) is 3.22. The van der Waals surface area contributed by atoms with Gasteiger partial charge in [-0.25, -0.2) is 8.42 Å². The zero-order chi connectivity index (χ0) is 22.0. The number of anilines is 2. The molecule has 9 heteroatoms. The predicted octanol–water partition coefficient (Wildman–Crippen LogP) is 3.94. The average molecular weight is 459 g/mol. The van der Waals surface area contributed by atoms with Gasteiger partial charge in [-0.15, -0.1) is 0 Å². The number of hydrogen-bond acceptors (Lipinski definition) is 5. The number of rotatable bonds is 5. The lowest BCUT2D eigenvalue weighted by atomic mass is 10.2. The van der Waals surface area contributed by atoms with Gasteiger partial charge in [-0.3, -0.25) is 9.10 Å². The zero-order valence-corrected chi connectivity index (χ0v) is 18.1. The van der Waals surface area contributed by atoms with Crippen molar-refractivity contribution in [3.8, 4) is 11.5 Å². The van der Waals surface area contributed by atoms with Crippen molar-refractivity contribution >= 4 is 38.9 Å². The number of benzene rings is 3. The van der Waals surface area contributed by atoms with Crippen LogP contribution in [0.2, 0.25) is 5.02 Å². The molecular weight excluding hydrogens is 440 g/mol. The Kier molecular flexibility index (Phi) is 5.75. The van der Waals surface area contributed by atoms with Gasteiger partial charge in [0.05, 0.1) is 24.2 Å². The van der Waals surface area contributed by atoms with Crippen LogP contribution in [0.3, 0.4) is 0 Å². The summed E-state index contributed by atoms with van der Waals surface area (Å²) in [6.07, 6.45) is -1.05. The van der Waals surface area contributed by atoms with Crippen molar-refractivity contribution in [2.75, 3.05) is 23.3 Å². The summed E-state index contributed by atoms with van der Waals surface area (Å²) in [6, 6.07) is 19.4. The monoisotopic (exact) mass is 458 g/mol. The highest BCUT2D eigenvalue weighted by molar-refractivity contribution is 7.92. The smallest absolute Gasteiger partial charge is 0.267 e. The van der Waals surface area contributed by atoms with Gasteiger partial charge in [0, 0.05) is 16.8 Å². The minimum atomic E-state index is -3.95. The van der Waals surface area contributed by atoms with Gasteiger partial charge in [0.15, 0.2) is 6.10 Å². The van der Waals surface area contributed by atoms with Gasteiger partial charge >= 0.3 is 0 Å². The van der Waals surface area contributed by atoms with Crippen LogP contribution in [-0.2, 0) is 14.8 Å². The van der Waals surface area contributed by atoms with Gasteiger partial charge in [-0.1, -0.05) is 29.8 Å². The number of sulfonamides is 1. The minimum absolute atomic E-state index is 0.0700. The first-order chi connectivity index (χ1) is 14.9. The van der Waals surface area contributed by atoms with Crippen LogP contribution in [0, 0.1) is 0 Å². The zero-order valence-electron chi connectivity index (χ0n) is 16.5. The van der Waals surface area contributed by atoms with Gasteiger partial charge in [-0.05, 0) is 48.5 Å². The Balaban J connectivity index is 1.65. The minimum Gasteiger partial charge on any atom is -0.497 e. The molecule has 7 nitrogen and oxygen atoms in total. The maximum absolute atomic E-state index is 13.4. The van der Waals surface area contributed by atoms with E-state index in [1.165, 1.54) is 35.7 Å². The Bertz CT molecular complexity index is 1210. The van der Waals surface area contributed by atoms with Gasteiger partial charge in [0.1, 0.15) is 11.5 Å². The first-order valence-electron chi connectivity index (χ1n) is 9.37. The van der Waals surface area contributed by atoms with E-state index in [0.29, 0.717) is 27.9 Å². The third-order valence-corrected chi connectivity index (χ3v) is 6.81. The second-order valence-electron chi connectivity index (χ2n) is 6.79. The number of carbonyl (C=O) groups excluding carboxylic acids is 1. The molecule has 0 fully saturated rings. The largest absolute Gasteiger partial charge is 0.497 e. The lowest BCUT2D eigenvalue weighted by molar-refractivity contribution is -0.122. The number of carbonyl (C=O) groups is 1. The average Bonchev–Trinajstić information content (AvgIpc) is 2.78. The number of nitrogens with zero attached hydrogens (tertiary/aromatic N) is 1. The standard InChI is InChI=1S/C22H19ClN2O5S/c1-29-17-6-4-5-16(13-17)24-22(26)21-14-25(19-7-2-3-8-20(19)30-21)31(27,28)18-11-9-15(23)10-12-18/h2-13,21H,14H2,1H3,(H,24,26)/t21-/m0/s1. The lowest BCUT2D eigenvalue weighted by Gasteiger charge is -2.34. The predicted molar refractivity (Wildman–Crippen MR) is 118 cm³/mol. The van der Waals surface area contributed by atoms with Crippen LogP contribution in [0.5, 0.6) is 11.5 Å². The molecule has 0 saturated heterocycles. The molecule has 1 atom stereocenters. The van der Waals surface area contributed by atoms with E-state index < -0.39 is 22.0 Å². The lowest BCUT2D eigenvalue weighted by Crippen LogP contribution is -2.48. The van der Waals surface area contributed by atoms with E-state index >= 15 is 0 Å². The van der Waals surface area contributed by atoms with E-state index in [0.717, 1.165) is 0 Å². The number of halogens is 1. The quantitative estimate of drug-likeness (QED) is 0.626. The molecule has 1 aliphatic rings. The fraction of sp³-hybridized carbons (Fsp3) is 0.136. The summed E-state index contributed by atoms with van der Waals surface area (Å²) in [6.45, 7) is -0.183. The SMILES string of the molecule is COc1cccc(NC(=O)[C@@H]2CN(S(=O)(=O)c3ccc(Cl)cc3)c3ccccc3O2)c1. The van der Waals surface area contributed by atoms with Gasteiger partial charge in [0.25, 0.3) is 15.9 Å². The molecular formula is C22H19ClN2O5S. The number of para-hydroxylation sites is 2. The van der Waals surface area contributed by atoms with Crippen LogP contribution in [0.25, 0.3) is 0 Å². The van der Waals surface area contributed by atoms with Crippen molar-refractivity contribution in [3.63, 3.8) is 0 Å². The second-order valence-corrected chi connectivity index (χ2v) is 9.08. The highest BCUT2D eigenvalue weighted by Gasteiger charge is 2.37. The topological polar surface area (TPSA) is 84.9 Å². The van der Waals surface area contributed by atoms with Crippen molar-refractivity contribution in [2.24, 2.45) is 0 Å². The molecule has 3 aromatic carbocycles. The molecule has 0 bridgehead atoms. The molecule has 160 valence electrons. The summed E-state index contributed by atoms with van der Waals surface area (Å²) in [5.74, 6) is 0.413.